The smallest absolute Gasteiger partial charge is 0.307 e. The van der Waals surface area contributed by atoms with Gasteiger partial charge in [-0.05, 0) is 54.7 Å². The molecule has 1 unspecified atom stereocenters. The third-order valence-corrected chi connectivity index (χ3v) is 5.11. The number of terminal acetylenes is 1. The Balaban J connectivity index is 2.26. The van der Waals surface area contributed by atoms with Gasteiger partial charge in [0.2, 0.25) is 0 Å². The number of hydrogen-bond acceptors (Lipinski definition) is 2. The zero-order valence-electron chi connectivity index (χ0n) is 15.2. The Hall–Kier alpha value is -2.53. The highest BCUT2D eigenvalue weighted by atomic mass is 16.5. The molecule has 1 aliphatic rings. The van der Waals surface area contributed by atoms with Gasteiger partial charge >= 0.3 is 5.97 Å². The summed E-state index contributed by atoms with van der Waals surface area (Å²) in [6, 6.07) is 12.7. The SMILES string of the molecule is C#Cc1ccc2c(c1)C(CCC)(CC(=O)OCC)c1cc(C)ccc1-2. The van der Waals surface area contributed by atoms with Crippen LogP contribution in [0.1, 0.15) is 55.4 Å². The summed E-state index contributed by atoms with van der Waals surface area (Å²) in [4.78, 5) is 12.5. The zero-order chi connectivity index (χ0) is 18.0. The lowest BCUT2D eigenvalue weighted by molar-refractivity contribution is -0.144. The first kappa shape index (κ1) is 17.3. The summed E-state index contributed by atoms with van der Waals surface area (Å²) >= 11 is 0. The molecule has 0 saturated carbocycles. The van der Waals surface area contributed by atoms with E-state index in [1.165, 1.54) is 27.8 Å². The fourth-order valence-electron chi connectivity index (χ4n) is 4.13. The molecule has 2 aromatic rings. The second-order valence-electron chi connectivity index (χ2n) is 6.77. The van der Waals surface area contributed by atoms with Crippen LogP contribution in [0.25, 0.3) is 11.1 Å². The molecule has 0 fully saturated rings. The number of rotatable bonds is 5. The van der Waals surface area contributed by atoms with Crippen molar-refractivity contribution in [3.63, 3.8) is 0 Å². The lowest BCUT2D eigenvalue weighted by Gasteiger charge is -2.31. The normalized spacial score (nSPS) is 17.5. The van der Waals surface area contributed by atoms with E-state index in [0.717, 1.165) is 18.4 Å². The topological polar surface area (TPSA) is 26.3 Å². The van der Waals surface area contributed by atoms with E-state index >= 15 is 0 Å². The molecule has 0 amide bonds. The molecule has 0 bridgehead atoms. The van der Waals surface area contributed by atoms with Gasteiger partial charge in [-0.3, -0.25) is 4.79 Å². The number of carbonyl (C=O) groups excluding carboxylic acids is 1. The van der Waals surface area contributed by atoms with Gasteiger partial charge in [0.15, 0.2) is 0 Å². The van der Waals surface area contributed by atoms with Gasteiger partial charge in [0.1, 0.15) is 0 Å². The van der Waals surface area contributed by atoms with E-state index in [0.29, 0.717) is 13.0 Å². The molecule has 0 spiro atoms. The first-order chi connectivity index (χ1) is 12.1. The Labute approximate surface area is 150 Å². The minimum atomic E-state index is -0.357. The molecule has 0 heterocycles. The van der Waals surface area contributed by atoms with Crippen LogP contribution in [-0.4, -0.2) is 12.6 Å². The molecule has 2 heteroatoms. The second kappa shape index (κ2) is 6.76. The van der Waals surface area contributed by atoms with Crippen molar-refractivity contribution in [2.24, 2.45) is 0 Å². The second-order valence-corrected chi connectivity index (χ2v) is 6.77. The van der Waals surface area contributed by atoms with E-state index in [4.69, 9.17) is 11.2 Å². The Bertz CT molecular complexity index is 857. The molecule has 2 aromatic carbocycles. The molecule has 2 nitrogen and oxygen atoms in total. The number of esters is 1. The number of aryl methyl sites for hydroxylation is 1. The first-order valence-corrected chi connectivity index (χ1v) is 8.94. The van der Waals surface area contributed by atoms with Crippen LogP contribution in [-0.2, 0) is 14.9 Å². The molecule has 0 aliphatic heterocycles. The average Bonchev–Trinajstić information content (AvgIpc) is 2.84. The number of benzene rings is 2. The van der Waals surface area contributed by atoms with Crippen LogP contribution in [0.3, 0.4) is 0 Å². The monoisotopic (exact) mass is 332 g/mol. The van der Waals surface area contributed by atoms with Crippen molar-refractivity contribution in [2.75, 3.05) is 6.61 Å². The van der Waals surface area contributed by atoms with Crippen LogP contribution in [0, 0.1) is 19.3 Å². The highest BCUT2D eigenvalue weighted by molar-refractivity contribution is 5.85. The van der Waals surface area contributed by atoms with Crippen LogP contribution in [0.2, 0.25) is 0 Å². The average molecular weight is 332 g/mol. The maximum absolute atomic E-state index is 12.5. The van der Waals surface area contributed by atoms with E-state index in [2.05, 4.69) is 50.1 Å². The third kappa shape index (κ3) is 2.85. The number of fused-ring (bicyclic) bond motifs is 3. The van der Waals surface area contributed by atoms with Crippen LogP contribution >= 0.6 is 0 Å². The van der Waals surface area contributed by atoms with Gasteiger partial charge in [-0.2, -0.15) is 0 Å². The molecule has 0 radical (unpaired) electrons. The summed E-state index contributed by atoms with van der Waals surface area (Å²) in [5, 5.41) is 0. The zero-order valence-corrected chi connectivity index (χ0v) is 15.2. The standard InChI is InChI=1S/C23H24O2/c1-5-12-23(15-22(24)25-7-3)20-13-16(4)8-10-18(20)19-11-9-17(6-2)14-21(19)23/h2,8-11,13-14H,5,7,12,15H2,1,3-4H3. The van der Waals surface area contributed by atoms with Crippen molar-refractivity contribution in [3.05, 3.63) is 58.7 Å². The molecule has 0 saturated heterocycles. The molecule has 1 aliphatic carbocycles. The Kier molecular flexibility index (Phi) is 4.68. The van der Waals surface area contributed by atoms with Crippen LogP contribution in [0.15, 0.2) is 36.4 Å². The quantitative estimate of drug-likeness (QED) is 0.569. The number of ether oxygens (including phenoxy) is 1. The van der Waals surface area contributed by atoms with Crippen molar-refractivity contribution < 1.29 is 9.53 Å². The molecular weight excluding hydrogens is 308 g/mol. The summed E-state index contributed by atoms with van der Waals surface area (Å²) < 4.78 is 5.31. The van der Waals surface area contributed by atoms with Crippen LogP contribution in [0.5, 0.6) is 0 Å². The summed E-state index contributed by atoms with van der Waals surface area (Å²) in [7, 11) is 0. The molecule has 3 rings (SSSR count). The third-order valence-electron chi connectivity index (χ3n) is 5.11. The van der Waals surface area contributed by atoms with Gasteiger partial charge in [-0.25, -0.2) is 0 Å². The van der Waals surface area contributed by atoms with E-state index in [1.807, 2.05) is 13.0 Å². The largest absolute Gasteiger partial charge is 0.466 e. The first-order valence-electron chi connectivity index (χ1n) is 8.94. The lowest BCUT2D eigenvalue weighted by Crippen LogP contribution is -2.29. The molecule has 1 atom stereocenters. The Morgan fingerprint density at radius 3 is 2.44 bits per heavy atom. The van der Waals surface area contributed by atoms with E-state index < -0.39 is 0 Å². The van der Waals surface area contributed by atoms with Crippen molar-refractivity contribution >= 4 is 5.97 Å². The van der Waals surface area contributed by atoms with Crippen molar-refractivity contribution in [1.29, 1.82) is 0 Å². The minimum Gasteiger partial charge on any atom is -0.466 e. The van der Waals surface area contributed by atoms with Crippen LogP contribution in [0.4, 0.5) is 0 Å². The summed E-state index contributed by atoms with van der Waals surface area (Å²) in [5.74, 6) is 2.59. The van der Waals surface area contributed by atoms with Gasteiger partial charge in [-0.1, -0.05) is 49.1 Å². The lowest BCUT2D eigenvalue weighted by atomic mass is 9.71. The van der Waals surface area contributed by atoms with Crippen LogP contribution < -0.4 is 0 Å². The summed E-state index contributed by atoms with van der Waals surface area (Å²) in [5.41, 5.74) is 6.49. The van der Waals surface area contributed by atoms with E-state index in [1.54, 1.807) is 0 Å². The molecule has 0 aromatic heterocycles. The predicted molar refractivity (Wildman–Crippen MR) is 101 cm³/mol. The van der Waals surface area contributed by atoms with Gasteiger partial charge in [0.25, 0.3) is 0 Å². The van der Waals surface area contributed by atoms with Gasteiger partial charge in [-0.15, -0.1) is 6.42 Å². The highest BCUT2D eigenvalue weighted by Gasteiger charge is 2.44. The molecular formula is C23H24O2. The fraction of sp³-hybridized carbons (Fsp3) is 0.348. The van der Waals surface area contributed by atoms with Gasteiger partial charge in [0.05, 0.1) is 13.0 Å². The predicted octanol–water partition coefficient (Wildman–Crippen LogP) is 5.00. The van der Waals surface area contributed by atoms with Gasteiger partial charge < -0.3 is 4.74 Å². The maximum atomic E-state index is 12.5. The van der Waals surface area contributed by atoms with Gasteiger partial charge in [0, 0.05) is 11.0 Å². The fourth-order valence-corrected chi connectivity index (χ4v) is 4.13. The van der Waals surface area contributed by atoms with Crippen molar-refractivity contribution in [2.45, 2.75) is 45.4 Å². The minimum absolute atomic E-state index is 0.151. The molecule has 128 valence electrons. The Morgan fingerprint density at radius 1 is 1.12 bits per heavy atom. The summed E-state index contributed by atoms with van der Waals surface area (Å²) in [6.45, 7) is 6.50. The number of hydrogen-bond donors (Lipinski definition) is 0. The molecule has 0 N–H and O–H groups in total. The van der Waals surface area contributed by atoms with E-state index in [-0.39, 0.29) is 11.4 Å². The number of carbonyl (C=O) groups is 1. The van der Waals surface area contributed by atoms with Crippen molar-refractivity contribution in [3.8, 4) is 23.5 Å². The molecule has 25 heavy (non-hydrogen) atoms. The van der Waals surface area contributed by atoms with Crippen molar-refractivity contribution in [1.82, 2.24) is 0 Å². The van der Waals surface area contributed by atoms with E-state index in [9.17, 15) is 4.79 Å². The summed E-state index contributed by atoms with van der Waals surface area (Å²) in [6.07, 6.45) is 7.87. The maximum Gasteiger partial charge on any atom is 0.307 e. The highest BCUT2D eigenvalue weighted by Crippen LogP contribution is 2.53. The Morgan fingerprint density at radius 2 is 1.80 bits per heavy atom.